The Morgan fingerprint density at radius 3 is 2.69 bits per heavy atom. The lowest BCUT2D eigenvalue weighted by molar-refractivity contribution is -0.126. The van der Waals surface area contributed by atoms with Gasteiger partial charge in [0, 0.05) is 54.6 Å². The standard InChI is InChI=1S/C32H32FN5O3S/c1-3-12-34-14-15-38-21-23(20-36-38)30-19-27-32(42-30)29(11-13-35-27)41-28-10-9-22(17-26(28)33)16-25(39)18-31(40)37(2)24-7-5-4-6-8-24/h4-11,13,17,19-21,34H,3,12,14-16,18H2,1-2H3. The van der Waals surface area contributed by atoms with Crippen LogP contribution in [0.15, 0.2) is 79.3 Å². The third-order valence-electron chi connectivity index (χ3n) is 6.72. The van der Waals surface area contributed by atoms with Crippen molar-refractivity contribution in [2.75, 3.05) is 25.0 Å². The zero-order valence-electron chi connectivity index (χ0n) is 23.5. The topological polar surface area (TPSA) is 89.3 Å². The Hall–Kier alpha value is -4.41. The van der Waals surface area contributed by atoms with Crippen LogP contribution < -0.4 is 15.0 Å². The minimum atomic E-state index is -0.590. The van der Waals surface area contributed by atoms with Crippen LogP contribution in [0.3, 0.4) is 0 Å². The number of benzene rings is 2. The highest BCUT2D eigenvalue weighted by molar-refractivity contribution is 7.22. The van der Waals surface area contributed by atoms with Crippen molar-refractivity contribution >= 4 is 38.9 Å². The molecule has 10 heteroatoms. The van der Waals surface area contributed by atoms with Crippen LogP contribution in [-0.2, 0) is 22.6 Å². The number of ether oxygens (including phenoxy) is 1. The summed E-state index contributed by atoms with van der Waals surface area (Å²) < 4.78 is 23.8. The Morgan fingerprint density at radius 1 is 1.07 bits per heavy atom. The van der Waals surface area contributed by atoms with Gasteiger partial charge in [-0.25, -0.2) is 4.39 Å². The molecule has 216 valence electrons. The van der Waals surface area contributed by atoms with Crippen LogP contribution in [0.25, 0.3) is 20.7 Å². The largest absolute Gasteiger partial charge is 0.453 e. The van der Waals surface area contributed by atoms with Gasteiger partial charge in [-0.15, -0.1) is 11.3 Å². The molecule has 5 aromatic rings. The van der Waals surface area contributed by atoms with E-state index in [0.717, 1.165) is 46.7 Å². The van der Waals surface area contributed by atoms with Crippen molar-refractivity contribution in [3.8, 4) is 21.9 Å². The van der Waals surface area contributed by atoms with E-state index in [1.165, 1.54) is 28.4 Å². The Kier molecular flexibility index (Phi) is 9.35. The molecule has 1 N–H and O–H groups in total. The Morgan fingerprint density at radius 2 is 1.90 bits per heavy atom. The fraction of sp³-hybridized carbons (Fsp3) is 0.250. The normalized spacial score (nSPS) is 11.1. The van der Waals surface area contributed by atoms with Crippen molar-refractivity contribution in [3.63, 3.8) is 0 Å². The van der Waals surface area contributed by atoms with E-state index in [1.54, 1.807) is 37.5 Å². The summed E-state index contributed by atoms with van der Waals surface area (Å²) in [5.74, 6) is -0.670. The molecule has 2 aromatic carbocycles. The van der Waals surface area contributed by atoms with Crippen LogP contribution in [0.1, 0.15) is 25.3 Å². The molecule has 0 aliphatic carbocycles. The van der Waals surface area contributed by atoms with Crippen molar-refractivity contribution in [3.05, 3.63) is 90.6 Å². The smallest absolute Gasteiger partial charge is 0.234 e. The maximum absolute atomic E-state index is 15.1. The van der Waals surface area contributed by atoms with E-state index in [2.05, 4.69) is 22.3 Å². The van der Waals surface area contributed by atoms with Crippen molar-refractivity contribution in [1.29, 1.82) is 0 Å². The molecule has 3 heterocycles. The highest BCUT2D eigenvalue weighted by Crippen LogP contribution is 2.39. The van der Waals surface area contributed by atoms with Gasteiger partial charge >= 0.3 is 0 Å². The molecule has 0 spiro atoms. The summed E-state index contributed by atoms with van der Waals surface area (Å²) in [6.07, 6.45) is 6.24. The summed E-state index contributed by atoms with van der Waals surface area (Å²) in [6.45, 7) is 4.74. The Bertz CT molecular complexity index is 1680. The Balaban J connectivity index is 1.23. The number of rotatable bonds is 13. The number of amides is 1. The van der Waals surface area contributed by atoms with Crippen LogP contribution in [0.5, 0.6) is 11.5 Å². The second-order valence-electron chi connectivity index (χ2n) is 9.92. The van der Waals surface area contributed by atoms with Crippen molar-refractivity contribution < 1.29 is 18.7 Å². The number of hydrogen-bond acceptors (Lipinski definition) is 7. The third kappa shape index (κ3) is 7.07. The molecule has 42 heavy (non-hydrogen) atoms. The summed E-state index contributed by atoms with van der Waals surface area (Å²) in [7, 11) is 1.63. The quantitative estimate of drug-likeness (QED) is 0.130. The van der Waals surface area contributed by atoms with Crippen molar-refractivity contribution in [2.45, 2.75) is 32.7 Å². The lowest BCUT2D eigenvalue weighted by atomic mass is 10.1. The van der Waals surface area contributed by atoms with Gasteiger partial charge in [0.25, 0.3) is 0 Å². The number of fused-ring (bicyclic) bond motifs is 1. The number of ketones is 1. The average Bonchev–Trinajstić information content (AvgIpc) is 3.64. The average molecular weight is 586 g/mol. The number of nitrogens with zero attached hydrogens (tertiary/aromatic N) is 4. The number of hydrogen-bond donors (Lipinski definition) is 1. The SMILES string of the molecule is CCCNCCn1cc(-c2cc3nccc(Oc4ccc(CC(=O)CC(=O)N(C)c5ccccc5)cc4F)c3s2)cn1. The number of anilines is 1. The third-order valence-corrected chi connectivity index (χ3v) is 7.91. The van der Waals surface area contributed by atoms with E-state index >= 15 is 4.39 Å². The van der Waals surface area contributed by atoms with Gasteiger partial charge in [0.15, 0.2) is 11.6 Å². The summed E-state index contributed by atoms with van der Waals surface area (Å²) in [5, 5.41) is 7.84. The van der Waals surface area contributed by atoms with E-state index in [-0.39, 0.29) is 30.3 Å². The van der Waals surface area contributed by atoms with Gasteiger partial charge in [0.05, 0.1) is 29.4 Å². The van der Waals surface area contributed by atoms with E-state index in [4.69, 9.17) is 4.74 Å². The molecule has 0 aliphatic heterocycles. The second kappa shape index (κ2) is 13.5. The zero-order valence-corrected chi connectivity index (χ0v) is 24.4. The van der Waals surface area contributed by atoms with Crippen molar-refractivity contribution in [1.82, 2.24) is 20.1 Å². The summed E-state index contributed by atoms with van der Waals surface area (Å²) in [6, 6.07) is 17.2. The molecule has 0 atom stereocenters. The predicted octanol–water partition coefficient (Wildman–Crippen LogP) is 6.26. The first-order chi connectivity index (χ1) is 20.4. The van der Waals surface area contributed by atoms with E-state index in [0.29, 0.717) is 17.0 Å². The van der Waals surface area contributed by atoms with E-state index < -0.39 is 5.82 Å². The van der Waals surface area contributed by atoms with Crippen LogP contribution in [0.4, 0.5) is 10.1 Å². The van der Waals surface area contributed by atoms with Crippen LogP contribution in [0, 0.1) is 5.82 Å². The molecule has 0 saturated heterocycles. The summed E-state index contributed by atoms with van der Waals surface area (Å²) >= 11 is 1.51. The van der Waals surface area contributed by atoms with Crippen LogP contribution in [-0.4, -0.2) is 46.6 Å². The number of carbonyl (C=O) groups excluding carboxylic acids is 2. The number of thiophene rings is 1. The number of nitrogens with one attached hydrogen (secondary N) is 1. The minimum absolute atomic E-state index is 0.0425. The molecule has 0 bridgehead atoms. The maximum Gasteiger partial charge on any atom is 0.234 e. The highest BCUT2D eigenvalue weighted by atomic mass is 32.1. The summed E-state index contributed by atoms with van der Waals surface area (Å²) in [4.78, 5) is 32.0. The van der Waals surface area contributed by atoms with E-state index in [9.17, 15) is 9.59 Å². The fourth-order valence-electron chi connectivity index (χ4n) is 4.47. The molecular formula is C32H32FN5O3S. The lowest BCUT2D eigenvalue weighted by Crippen LogP contribution is -2.28. The molecule has 0 radical (unpaired) electrons. The van der Waals surface area contributed by atoms with Gasteiger partial charge < -0.3 is 15.0 Å². The van der Waals surface area contributed by atoms with Gasteiger partial charge in [-0.3, -0.25) is 19.3 Å². The number of pyridine rings is 1. The van der Waals surface area contributed by atoms with Crippen molar-refractivity contribution in [2.24, 2.45) is 0 Å². The van der Waals surface area contributed by atoms with Gasteiger partial charge in [-0.2, -0.15) is 5.10 Å². The molecule has 0 saturated carbocycles. The Labute approximate surface area is 247 Å². The second-order valence-corrected chi connectivity index (χ2v) is 11.0. The molecule has 0 unspecified atom stereocenters. The first-order valence-corrected chi connectivity index (χ1v) is 14.6. The number of para-hydroxylation sites is 1. The number of carbonyl (C=O) groups is 2. The number of aromatic nitrogens is 3. The molecule has 0 fully saturated rings. The lowest BCUT2D eigenvalue weighted by Gasteiger charge is -2.16. The van der Waals surface area contributed by atoms with Gasteiger partial charge in [-0.05, 0) is 48.9 Å². The minimum Gasteiger partial charge on any atom is -0.453 e. The first kappa shape index (κ1) is 29.1. The molecule has 5 rings (SSSR count). The van der Waals surface area contributed by atoms with Crippen LogP contribution >= 0.6 is 11.3 Å². The summed E-state index contributed by atoms with van der Waals surface area (Å²) in [5.41, 5.74) is 2.90. The van der Waals surface area contributed by atoms with Gasteiger partial charge in [0.2, 0.25) is 5.91 Å². The van der Waals surface area contributed by atoms with E-state index in [1.807, 2.05) is 41.3 Å². The fourth-order valence-corrected chi connectivity index (χ4v) is 5.51. The van der Waals surface area contributed by atoms with Crippen LogP contribution in [0.2, 0.25) is 0 Å². The predicted molar refractivity (Wildman–Crippen MR) is 164 cm³/mol. The molecule has 1 amide bonds. The zero-order chi connectivity index (χ0) is 29.5. The molecule has 3 aromatic heterocycles. The molecule has 0 aliphatic rings. The number of halogens is 1. The molecule has 8 nitrogen and oxygen atoms in total. The van der Waals surface area contributed by atoms with Gasteiger partial charge in [0.1, 0.15) is 11.5 Å². The first-order valence-electron chi connectivity index (χ1n) is 13.8. The monoisotopic (exact) mass is 585 g/mol. The molecular weight excluding hydrogens is 553 g/mol. The van der Waals surface area contributed by atoms with Gasteiger partial charge in [-0.1, -0.05) is 31.2 Å². The highest BCUT2D eigenvalue weighted by Gasteiger charge is 2.18. The number of Topliss-reactive ketones (excluding diaryl/α,β-unsaturated/α-hetero) is 1. The maximum atomic E-state index is 15.1.